The van der Waals surface area contributed by atoms with E-state index in [1.165, 1.54) is 11.3 Å². The second-order valence-electron chi connectivity index (χ2n) is 6.92. The summed E-state index contributed by atoms with van der Waals surface area (Å²) in [4.78, 5) is 17.3. The van der Waals surface area contributed by atoms with Crippen LogP contribution in [-0.4, -0.2) is 27.3 Å². The van der Waals surface area contributed by atoms with Crippen LogP contribution in [0.5, 0.6) is 5.75 Å². The lowest BCUT2D eigenvalue weighted by atomic mass is 10.1. The van der Waals surface area contributed by atoms with Crippen LogP contribution in [0.25, 0.3) is 15.3 Å². The summed E-state index contributed by atoms with van der Waals surface area (Å²) in [6.07, 6.45) is 0.251. The highest BCUT2D eigenvalue weighted by Crippen LogP contribution is 2.34. The van der Waals surface area contributed by atoms with Crippen molar-refractivity contribution in [2.75, 3.05) is 11.9 Å². The van der Waals surface area contributed by atoms with Gasteiger partial charge in [0.05, 0.1) is 34.0 Å². The van der Waals surface area contributed by atoms with E-state index in [9.17, 15) is 4.79 Å². The molecule has 2 heterocycles. The maximum Gasteiger partial charge on any atom is 0.229 e. The molecule has 0 aliphatic heterocycles. The standard InChI is InChI=1S/C22H21ClN4O2S/c1-4-29-16-8-6-15(7-9-16)12-19(28)24-18-11-14(3)26-27(18)22-25-20-13(2)5-10-17(23)21(20)30-22/h5-11H,4,12H2,1-3H3,(H,24,28). The van der Waals surface area contributed by atoms with Gasteiger partial charge in [-0.05, 0) is 50.1 Å². The molecule has 154 valence electrons. The van der Waals surface area contributed by atoms with Gasteiger partial charge in [0.2, 0.25) is 11.0 Å². The predicted molar refractivity (Wildman–Crippen MR) is 121 cm³/mol. The van der Waals surface area contributed by atoms with Crippen LogP contribution in [0.2, 0.25) is 5.02 Å². The van der Waals surface area contributed by atoms with Gasteiger partial charge in [0.15, 0.2) is 0 Å². The first-order valence-electron chi connectivity index (χ1n) is 9.59. The van der Waals surface area contributed by atoms with Crippen molar-refractivity contribution >= 4 is 44.9 Å². The Labute approximate surface area is 183 Å². The van der Waals surface area contributed by atoms with Crippen molar-refractivity contribution in [1.82, 2.24) is 14.8 Å². The Hall–Kier alpha value is -2.90. The maximum atomic E-state index is 12.6. The highest BCUT2D eigenvalue weighted by molar-refractivity contribution is 7.21. The summed E-state index contributed by atoms with van der Waals surface area (Å²) in [5, 5.41) is 8.79. The third kappa shape index (κ3) is 4.17. The number of nitrogens with one attached hydrogen (secondary N) is 1. The topological polar surface area (TPSA) is 69.0 Å². The molecular weight excluding hydrogens is 420 g/mol. The fraction of sp³-hybridized carbons (Fsp3) is 0.227. The zero-order chi connectivity index (χ0) is 21.3. The average Bonchev–Trinajstić information content (AvgIpc) is 3.31. The van der Waals surface area contributed by atoms with Crippen molar-refractivity contribution in [3.8, 4) is 10.9 Å². The minimum Gasteiger partial charge on any atom is -0.494 e. The third-order valence-electron chi connectivity index (χ3n) is 4.57. The van der Waals surface area contributed by atoms with Gasteiger partial charge >= 0.3 is 0 Å². The average molecular weight is 441 g/mol. The van der Waals surface area contributed by atoms with Crippen molar-refractivity contribution in [3.63, 3.8) is 0 Å². The first-order chi connectivity index (χ1) is 14.4. The second kappa shape index (κ2) is 8.45. The van der Waals surface area contributed by atoms with Crippen LogP contribution in [0.4, 0.5) is 5.82 Å². The predicted octanol–water partition coefficient (Wildman–Crippen LogP) is 5.33. The molecule has 0 atom stereocenters. The summed E-state index contributed by atoms with van der Waals surface area (Å²) >= 11 is 7.79. The molecule has 0 aliphatic rings. The van der Waals surface area contributed by atoms with Gasteiger partial charge in [0.25, 0.3) is 0 Å². The minimum atomic E-state index is -0.129. The van der Waals surface area contributed by atoms with E-state index in [2.05, 4.69) is 10.4 Å². The number of thiazole rings is 1. The largest absolute Gasteiger partial charge is 0.494 e. The summed E-state index contributed by atoms with van der Waals surface area (Å²) < 4.78 is 8.01. The van der Waals surface area contributed by atoms with Gasteiger partial charge in [-0.25, -0.2) is 4.98 Å². The van der Waals surface area contributed by atoms with Crippen LogP contribution in [-0.2, 0) is 11.2 Å². The zero-order valence-electron chi connectivity index (χ0n) is 16.9. The van der Waals surface area contributed by atoms with Crippen molar-refractivity contribution in [2.24, 2.45) is 0 Å². The van der Waals surface area contributed by atoms with Crippen LogP contribution in [0.3, 0.4) is 0 Å². The molecule has 0 saturated carbocycles. The number of aromatic nitrogens is 3. The fourth-order valence-electron chi connectivity index (χ4n) is 3.16. The number of anilines is 1. The molecule has 30 heavy (non-hydrogen) atoms. The number of ether oxygens (including phenoxy) is 1. The molecule has 0 unspecified atom stereocenters. The van der Waals surface area contributed by atoms with Gasteiger partial charge in [-0.15, -0.1) is 0 Å². The molecule has 2 aromatic carbocycles. The molecule has 0 spiro atoms. The molecule has 2 aromatic heterocycles. The number of benzene rings is 2. The van der Waals surface area contributed by atoms with E-state index in [1.54, 1.807) is 4.68 Å². The van der Waals surface area contributed by atoms with E-state index >= 15 is 0 Å². The Morgan fingerprint density at radius 3 is 2.67 bits per heavy atom. The van der Waals surface area contributed by atoms with Crippen molar-refractivity contribution < 1.29 is 9.53 Å². The van der Waals surface area contributed by atoms with Crippen molar-refractivity contribution in [1.29, 1.82) is 0 Å². The Morgan fingerprint density at radius 1 is 1.20 bits per heavy atom. The van der Waals surface area contributed by atoms with Gasteiger partial charge < -0.3 is 10.1 Å². The van der Waals surface area contributed by atoms with Crippen molar-refractivity contribution in [2.45, 2.75) is 27.2 Å². The van der Waals surface area contributed by atoms with E-state index in [4.69, 9.17) is 21.3 Å². The summed E-state index contributed by atoms with van der Waals surface area (Å²) in [6.45, 7) is 6.42. The van der Waals surface area contributed by atoms with E-state index in [0.29, 0.717) is 22.6 Å². The number of hydrogen-bond acceptors (Lipinski definition) is 5. The Balaban J connectivity index is 1.57. The van der Waals surface area contributed by atoms with Crippen LogP contribution >= 0.6 is 22.9 Å². The van der Waals surface area contributed by atoms with E-state index in [-0.39, 0.29) is 12.3 Å². The molecule has 0 fully saturated rings. The van der Waals surface area contributed by atoms with Gasteiger partial charge in [-0.3, -0.25) is 4.79 Å². The number of rotatable bonds is 6. The molecule has 0 aliphatic carbocycles. The SMILES string of the molecule is CCOc1ccc(CC(=O)Nc2cc(C)nn2-c2nc3c(C)ccc(Cl)c3s2)cc1. The summed E-state index contributed by atoms with van der Waals surface area (Å²) in [5.41, 5.74) is 3.58. The van der Waals surface area contributed by atoms with Gasteiger partial charge in [-0.2, -0.15) is 9.78 Å². The van der Waals surface area contributed by atoms with Gasteiger partial charge in [0.1, 0.15) is 11.6 Å². The summed E-state index contributed by atoms with van der Waals surface area (Å²) in [6, 6.07) is 13.2. The Bertz CT molecular complexity index is 1180. The lowest BCUT2D eigenvalue weighted by Gasteiger charge is -2.07. The number of carbonyl (C=O) groups excluding carboxylic acids is 1. The Kier molecular flexibility index (Phi) is 5.74. The zero-order valence-corrected chi connectivity index (χ0v) is 18.5. The summed E-state index contributed by atoms with van der Waals surface area (Å²) in [5.74, 6) is 1.24. The van der Waals surface area contributed by atoms with E-state index < -0.39 is 0 Å². The highest BCUT2D eigenvalue weighted by Gasteiger charge is 2.16. The number of halogens is 1. The molecular formula is C22H21ClN4O2S. The third-order valence-corrected chi connectivity index (χ3v) is 6.06. The molecule has 6 nitrogen and oxygen atoms in total. The van der Waals surface area contributed by atoms with Crippen LogP contribution in [0, 0.1) is 13.8 Å². The Morgan fingerprint density at radius 2 is 1.97 bits per heavy atom. The number of aryl methyl sites for hydroxylation is 2. The number of nitrogens with zero attached hydrogens (tertiary/aromatic N) is 3. The lowest BCUT2D eigenvalue weighted by molar-refractivity contribution is -0.115. The van der Waals surface area contributed by atoms with Crippen LogP contribution in [0.15, 0.2) is 42.5 Å². The number of fused-ring (bicyclic) bond motifs is 1. The molecule has 4 rings (SSSR count). The first kappa shape index (κ1) is 20.4. The molecule has 1 N–H and O–H groups in total. The molecule has 0 saturated heterocycles. The van der Waals surface area contributed by atoms with Gasteiger partial charge in [-0.1, -0.05) is 41.1 Å². The second-order valence-corrected chi connectivity index (χ2v) is 8.31. The smallest absolute Gasteiger partial charge is 0.229 e. The molecule has 8 heteroatoms. The highest BCUT2D eigenvalue weighted by atomic mass is 35.5. The van der Waals surface area contributed by atoms with Crippen LogP contribution < -0.4 is 10.1 Å². The normalized spacial score (nSPS) is 11.1. The first-order valence-corrected chi connectivity index (χ1v) is 10.8. The molecule has 4 aromatic rings. The monoisotopic (exact) mass is 440 g/mol. The number of amides is 1. The van der Waals surface area contributed by atoms with E-state index in [0.717, 1.165) is 32.8 Å². The molecule has 0 radical (unpaired) electrons. The summed E-state index contributed by atoms with van der Waals surface area (Å²) in [7, 11) is 0. The molecule has 1 amide bonds. The lowest BCUT2D eigenvalue weighted by Crippen LogP contribution is -2.17. The quantitative estimate of drug-likeness (QED) is 0.439. The fourth-order valence-corrected chi connectivity index (χ4v) is 4.44. The van der Waals surface area contributed by atoms with Crippen LogP contribution in [0.1, 0.15) is 23.7 Å². The minimum absolute atomic E-state index is 0.129. The number of carbonyl (C=O) groups is 1. The number of hydrogen-bond donors (Lipinski definition) is 1. The van der Waals surface area contributed by atoms with Gasteiger partial charge in [0, 0.05) is 6.07 Å². The van der Waals surface area contributed by atoms with Crippen molar-refractivity contribution in [3.05, 3.63) is 64.3 Å². The molecule has 0 bridgehead atoms. The van der Waals surface area contributed by atoms with E-state index in [1.807, 2.05) is 63.2 Å². The maximum absolute atomic E-state index is 12.6.